The monoisotopic (exact) mass is 417 g/mol. The topological polar surface area (TPSA) is 99.2 Å². The van der Waals surface area contributed by atoms with Gasteiger partial charge < -0.3 is 15.6 Å². The molecule has 0 atom stereocenters. The van der Waals surface area contributed by atoms with E-state index in [-0.39, 0.29) is 12.3 Å². The van der Waals surface area contributed by atoms with Gasteiger partial charge in [0.15, 0.2) is 15.8 Å². The number of rotatable bonds is 7. The molecule has 0 aliphatic heterocycles. The van der Waals surface area contributed by atoms with Gasteiger partial charge in [-0.25, -0.2) is 17.8 Å². The second-order valence-corrected chi connectivity index (χ2v) is 8.93. The van der Waals surface area contributed by atoms with E-state index >= 15 is 0 Å². The van der Waals surface area contributed by atoms with E-state index in [0.717, 1.165) is 23.1 Å². The largest absolute Gasteiger partial charge is 0.356 e. The lowest BCUT2D eigenvalue weighted by molar-refractivity contribution is 0.599. The molecule has 9 heteroatoms. The van der Waals surface area contributed by atoms with E-state index in [4.69, 9.17) is 0 Å². The average Bonchev–Trinajstić information content (AvgIpc) is 3.08. The van der Waals surface area contributed by atoms with Crippen LogP contribution >= 0.6 is 0 Å². The quantitative estimate of drug-likeness (QED) is 0.404. The van der Waals surface area contributed by atoms with Crippen molar-refractivity contribution in [3.8, 4) is 0 Å². The highest BCUT2D eigenvalue weighted by atomic mass is 32.2. The van der Waals surface area contributed by atoms with Crippen molar-refractivity contribution >= 4 is 26.8 Å². The van der Waals surface area contributed by atoms with Gasteiger partial charge in [-0.2, -0.15) is 0 Å². The molecule has 0 bridgehead atoms. The lowest BCUT2D eigenvalue weighted by Crippen LogP contribution is -2.38. The van der Waals surface area contributed by atoms with Crippen LogP contribution < -0.4 is 10.6 Å². The molecule has 0 spiro atoms. The summed E-state index contributed by atoms with van der Waals surface area (Å²) in [6, 6.07) is 12.0. The number of para-hydroxylation sites is 2. The molecule has 3 N–H and O–H groups in total. The Bertz CT molecular complexity index is 1090. The maximum absolute atomic E-state index is 13.6. The van der Waals surface area contributed by atoms with Crippen molar-refractivity contribution in [3.05, 3.63) is 65.2 Å². The molecule has 29 heavy (non-hydrogen) atoms. The third kappa shape index (κ3) is 6.02. The maximum Gasteiger partial charge on any atom is 0.191 e. The highest BCUT2D eigenvalue weighted by Gasteiger charge is 2.11. The fourth-order valence-corrected chi connectivity index (χ4v) is 3.85. The molecule has 3 rings (SSSR count). The van der Waals surface area contributed by atoms with Crippen molar-refractivity contribution in [2.45, 2.75) is 18.7 Å². The van der Waals surface area contributed by atoms with Crippen molar-refractivity contribution < 1.29 is 12.8 Å². The number of halogens is 1. The van der Waals surface area contributed by atoms with Crippen LogP contribution in [0.2, 0.25) is 0 Å². The minimum Gasteiger partial charge on any atom is -0.356 e. The summed E-state index contributed by atoms with van der Waals surface area (Å²) in [5.41, 5.74) is 3.07. The number of nitrogens with zero attached hydrogens (tertiary/aromatic N) is 2. The third-order valence-electron chi connectivity index (χ3n) is 4.35. The van der Waals surface area contributed by atoms with Gasteiger partial charge in [0.1, 0.15) is 11.6 Å². The maximum atomic E-state index is 13.6. The number of guanidine groups is 1. The van der Waals surface area contributed by atoms with Crippen LogP contribution in [0, 0.1) is 5.82 Å². The number of imidazole rings is 1. The molecule has 1 aromatic heterocycles. The summed E-state index contributed by atoms with van der Waals surface area (Å²) in [7, 11) is -1.58. The van der Waals surface area contributed by atoms with E-state index in [0.29, 0.717) is 30.1 Å². The zero-order valence-corrected chi connectivity index (χ0v) is 17.2. The van der Waals surface area contributed by atoms with E-state index in [9.17, 15) is 12.8 Å². The van der Waals surface area contributed by atoms with E-state index in [1.165, 1.54) is 18.2 Å². The molecule has 0 radical (unpaired) electrons. The second kappa shape index (κ2) is 9.04. The molecular weight excluding hydrogens is 393 g/mol. The van der Waals surface area contributed by atoms with Crippen LogP contribution in [0.5, 0.6) is 0 Å². The van der Waals surface area contributed by atoms with E-state index < -0.39 is 15.7 Å². The zero-order chi connectivity index (χ0) is 20.9. The predicted octanol–water partition coefficient (Wildman–Crippen LogP) is 2.15. The molecule has 3 aromatic rings. The summed E-state index contributed by atoms with van der Waals surface area (Å²) >= 11 is 0. The molecule has 1 heterocycles. The van der Waals surface area contributed by atoms with Gasteiger partial charge in [0.05, 0.1) is 16.8 Å². The first-order chi connectivity index (χ1) is 13.8. The van der Waals surface area contributed by atoms with Gasteiger partial charge in [-0.1, -0.05) is 18.2 Å². The number of aromatic amines is 1. The number of aliphatic imine (C=N–C) groups is 1. The second-order valence-electron chi connectivity index (χ2n) is 6.79. The Kier molecular flexibility index (Phi) is 6.48. The Balaban J connectivity index is 1.57. The Morgan fingerprint density at radius 1 is 1.17 bits per heavy atom. The summed E-state index contributed by atoms with van der Waals surface area (Å²) in [6.45, 7) is 0.853. The van der Waals surface area contributed by atoms with Crippen LogP contribution in [0.15, 0.2) is 47.5 Å². The minimum absolute atomic E-state index is 0.137. The van der Waals surface area contributed by atoms with Crippen LogP contribution in [0.1, 0.15) is 17.0 Å². The van der Waals surface area contributed by atoms with E-state index in [1.54, 1.807) is 7.05 Å². The first kappa shape index (κ1) is 20.8. The lowest BCUT2D eigenvalue weighted by Gasteiger charge is -2.14. The third-order valence-corrected chi connectivity index (χ3v) is 5.18. The Morgan fingerprint density at radius 2 is 1.97 bits per heavy atom. The molecule has 0 aliphatic carbocycles. The molecule has 0 aliphatic rings. The SMILES string of the molecule is CN=C(NCCc1nc2ccccc2[nH]1)NCc1cc(F)ccc1CS(C)(=O)=O. The number of H-pyrrole nitrogens is 1. The fourth-order valence-electron chi connectivity index (χ4n) is 3.01. The number of aromatic nitrogens is 2. The number of hydrogen-bond donors (Lipinski definition) is 3. The molecule has 0 unspecified atom stereocenters. The highest BCUT2D eigenvalue weighted by Crippen LogP contribution is 2.14. The molecule has 0 saturated carbocycles. The Morgan fingerprint density at radius 3 is 2.69 bits per heavy atom. The number of benzene rings is 2. The number of sulfone groups is 1. The van der Waals surface area contributed by atoms with Gasteiger partial charge in [-0.15, -0.1) is 0 Å². The van der Waals surface area contributed by atoms with E-state index in [2.05, 4.69) is 25.6 Å². The molecule has 7 nitrogen and oxygen atoms in total. The van der Waals surface area contributed by atoms with Crippen LogP contribution in [-0.4, -0.2) is 44.2 Å². The summed E-state index contributed by atoms with van der Waals surface area (Å²) in [5, 5.41) is 6.28. The Labute approximate surface area is 169 Å². The Hall–Kier alpha value is -2.94. The summed E-state index contributed by atoms with van der Waals surface area (Å²) in [5.74, 6) is 0.861. The summed E-state index contributed by atoms with van der Waals surface area (Å²) in [6.07, 6.45) is 1.83. The van der Waals surface area contributed by atoms with Gasteiger partial charge in [-0.3, -0.25) is 4.99 Å². The first-order valence-electron chi connectivity index (χ1n) is 9.17. The molecule has 154 valence electrons. The lowest BCUT2D eigenvalue weighted by atomic mass is 10.1. The molecule has 2 aromatic carbocycles. The van der Waals surface area contributed by atoms with Gasteiger partial charge in [0.25, 0.3) is 0 Å². The van der Waals surface area contributed by atoms with Crippen LogP contribution in [-0.2, 0) is 28.6 Å². The number of fused-ring (bicyclic) bond motifs is 1. The standard InChI is InChI=1S/C20H24FN5O2S/c1-22-20(23-10-9-19-25-17-5-3-4-6-18(17)26-19)24-12-15-11-16(21)8-7-14(15)13-29(2,27)28/h3-8,11H,9-10,12-13H2,1-2H3,(H,25,26)(H2,22,23,24). The van der Waals surface area contributed by atoms with Crippen molar-refractivity contribution in [2.24, 2.45) is 4.99 Å². The normalized spacial score (nSPS) is 12.3. The molecule has 0 saturated heterocycles. The van der Waals surface area contributed by atoms with Crippen molar-refractivity contribution in [2.75, 3.05) is 19.8 Å². The first-order valence-corrected chi connectivity index (χ1v) is 11.2. The zero-order valence-electron chi connectivity index (χ0n) is 16.4. The molecule has 0 fully saturated rings. The van der Waals surface area contributed by atoms with Crippen molar-refractivity contribution in [3.63, 3.8) is 0 Å². The number of nitrogens with one attached hydrogen (secondary N) is 3. The van der Waals surface area contributed by atoms with Crippen LogP contribution in [0.25, 0.3) is 11.0 Å². The van der Waals surface area contributed by atoms with E-state index in [1.807, 2.05) is 24.3 Å². The van der Waals surface area contributed by atoms with Gasteiger partial charge in [0.2, 0.25) is 0 Å². The van der Waals surface area contributed by atoms with Crippen molar-refractivity contribution in [1.29, 1.82) is 0 Å². The van der Waals surface area contributed by atoms with Crippen LogP contribution in [0.3, 0.4) is 0 Å². The predicted molar refractivity (Wildman–Crippen MR) is 113 cm³/mol. The smallest absolute Gasteiger partial charge is 0.191 e. The minimum atomic E-state index is -3.22. The van der Waals surface area contributed by atoms with Gasteiger partial charge >= 0.3 is 0 Å². The number of hydrogen-bond acceptors (Lipinski definition) is 4. The highest BCUT2D eigenvalue weighted by molar-refractivity contribution is 7.89. The average molecular weight is 418 g/mol. The van der Waals surface area contributed by atoms with Gasteiger partial charge in [0, 0.05) is 32.8 Å². The summed E-state index contributed by atoms with van der Waals surface area (Å²) < 4.78 is 36.9. The fraction of sp³-hybridized carbons (Fsp3) is 0.300. The van der Waals surface area contributed by atoms with Gasteiger partial charge in [-0.05, 0) is 35.4 Å². The molecule has 0 amide bonds. The van der Waals surface area contributed by atoms with Crippen LogP contribution in [0.4, 0.5) is 4.39 Å². The van der Waals surface area contributed by atoms with Crippen molar-refractivity contribution in [1.82, 2.24) is 20.6 Å². The molecular formula is C20H24FN5O2S. The summed E-state index contributed by atoms with van der Waals surface area (Å²) in [4.78, 5) is 12.0.